The second-order valence-corrected chi connectivity index (χ2v) is 6.25. The van der Waals surface area contributed by atoms with Crippen LogP contribution in [0.15, 0.2) is 71.0 Å². The number of aromatic nitrogens is 3. The van der Waals surface area contributed by atoms with E-state index in [2.05, 4.69) is 45.0 Å². The molecule has 0 saturated heterocycles. The highest BCUT2D eigenvalue weighted by Gasteiger charge is 2.09. The minimum atomic E-state index is 0.743. The molecule has 0 aliphatic carbocycles. The molecule has 0 atom stereocenters. The van der Waals surface area contributed by atoms with Crippen LogP contribution in [-0.4, -0.2) is 14.5 Å². The lowest BCUT2D eigenvalue weighted by molar-refractivity contribution is 0.580. The standard InChI is InChI=1S/C18H15N3OS/c1-2-5-14(6-3-1)10-21-11-15(19-13-21)9-18-20-16(12-23-18)17-7-4-8-22-17/h1-8,11-13H,9-10H2. The first-order valence-electron chi connectivity index (χ1n) is 7.40. The van der Waals surface area contributed by atoms with E-state index in [0.29, 0.717) is 0 Å². The number of hydrogen-bond acceptors (Lipinski definition) is 4. The summed E-state index contributed by atoms with van der Waals surface area (Å²) < 4.78 is 7.48. The van der Waals surface area contributed by atoms with Gasteiger partial charge in [0.1, 0.15) is 5.69 Å². The van der Waals surface area contributed by atoms with Gasteiger partial charge in [0.2, 0.25) is 0 Å². The van der Waals surface area contributed by atoms with E-state index in [-0.39, 0.29) is 0 Å². The Morgan fingerprint density at radius 1 is 1.09 bits per heavy atom. The highest BCUT2D eigenvalue weighted by molar-refractivity contribution is 7.10. The van der Waals surface area contributed by atoms with Crippen LogP contribution in [0.3, 0.4) is 0 Å². The summed E-state index contributed by atoms with van der Waals surface area (Å²) in [5.74, 6) is 0.808. The Morgan fingerprint density at radius 2 is 2.00 bits per heavy atom. The van der Waals surface area contributed by atoms with Crippen molar-refractivity contribution in [3.05, 3.63) is 82.9 Å². The summed E-state index contributed by atoms with van der Waals surface area (Å²) in [6.07, 6.45) is 6.37. The third-order valence-electron chi connectivity index (χ3n) is 3.55. The SMILES string of the molecule is c1ccc(Cn2cnc(Cc3nc(-c4ccco4)cs3)c2)cc1. The van der Waals surface area contributed by atoms with Gasteiger partial charge in [-0.3, -0.25) is 0 Å². The molecule has 0 amide bonds. The molecule has 3 aromatic heterocycles. The fraction of sp³-hybridized carbons (Fsp3) is 0.111. The highest BCUT2D eigenvalue weighted by Crippen LogP contribution is 2.23. The Morgan fingerprint density at radius 3 is 2.83 bits per heavy atom. The molecule has 0 aliphatic rings. The molecule has 0 saturated carbocycles. The minimum Gasteiger partial charge on any atom is -0.463 e. The fourth-order valence-corrected chi connectivity index (χ4v) is 3.26. The second kappa shape index (κ2) is 6.22. The van der Waals surface area contributed by atoms with Crippen molar-refractivity contribution in [1.82, 2.24) is 14.5 Å². The van der Waals surface area contributed by atoms with Crippen LogP contribution in [-0.2, 0) is 13.0 Å². The zero-order valence-electron chi connectivity index (χ0n) is 12.4. The maximum atomic E-state index is 5.38. The minimum absolute atomic E-state index is 0.743. The van der Waals surface area contributed by atoms with E-state index >= 15 is 0 Å². The first-order valence-corrected chi connectivity index (χ1v) is 8.27. The van der Waals surface area contributed by atoms with Crippen LogP contribution in [0.2, 0.25) is 0 Å². The lowest BCUT2D eigenvalue weighted by atomic mass is 10.2. The molecule has 0 unspecified atom stereocenters. The second-order valence-electron chi connectivity index (χ2n) is 5.30. The van der Waals surface area contributed by atoms with Crippen molar-refractivity contribution in [1.29, 1.82) is 0 Å². The fourth-order valence-electron chi connectivity index (χ4n) is 2.46. The number of rotatable bonds is 5. The predicted molar refractivity (Wildman–Crippen MR) is 90.4 cm³/mol. The van der Waals surface area contributed by atoms with Gasteiger partial charge >= 0.3 is 0 Å². The van der Waals surface area contributed by atoms with E-state index in [1.807, 2.05) is 29.9 Å². The third-order valence-corrected chi connectivity index (χ3v) is 4.40. The van der Waals surface area contributed by atoms with Crippen LogP contribution in [0, 0.1) is 0 Å². The molecule has 0 radical (unpaired) electrons. The number of nitrogens with zero attached hydrogens (tertiary/aromatic N) is 3. The molecule has 4 nitrogen and oxygen atoms in total. The van der Waals surface area contributed by atoms with Gasteiger partial charge in [0.15, 0.2) is 5.76 Å². The van der Waals surface area contributed by atoms with Gasteiger partial charge in [-0.2, -0.15) is 0 Å². The predicted octanol–water partition coefficient (Wildman–Crippen LogP) is 4.24. The summed E-state index contributed by atoms with van der Waals surface area (Å²) in [5, 5.41) is 3.07. The quantitative estimate of drug-likeness (QED) is 0.552. The van der Waals surface area contributed by atoms with Crippen LogP contribution in [0.1, 0.15) is 16.3 Å². The molecule has 0 bridgehead atoms. The maximum Gasteiger partial charge on any atom is 0.153 e. The number of thiazole rings is 1. The molecule has 3 heterocycles. The van der Waals surface area contributed by atoms with Crippen LogP contribution in [0.4, 0.5) is 0 Å². The molecule has 4 rings (SSSR count). The largest absolute Gasteiger partial charge is 0.463 e. The Kier molecular flexibility index (Phi) is 3.78. The summed E-state index contributed by atoms with van der Waals surface area (Å²) in [5.41, 5.74) is 3.19. The van der Waals surface area contributed by atoms with E-state index < -0.39 is 0 Å². The van der Waals surface area contributed by atoms with Gasteiger partial charge in [-0.15, -0.1) is 11.3 Å². The van der Waals surface area contributed by atoms with E-state index in [1.54, 1.807) is 17.6 Å². The van der Waals surface area contributed by atoms with Crippen LogP contribution < -0.4 is 0 Å². The van der Waals surface area contributed by atoms with Crippen LogP contribution in [0.5, 0.6) is 0 Å². The van der Waals surface area contributed by atoms with E-state index in [1.165, 1.54) is 5.56 Å². The van der Waals surface area contributed by atoms with E-state index in [9.17, 15) is 0 Å². The van der Waals surface area contributed by atoms with Gasteiger partial charge in [0.05, 0.1) is 23.3 Å². The first kappa shape index (κ1) is 14.0. The highest BCUT2D eigenvalue weighted by atomic mass is 32.1. The summed E-state index contributed by atoms with van der Waals surface area (Å²) in [7, 11) is 0. The molecule has 5 heteroatoms. The first-order chi connectivity index (χ1) is 11.4. The molecule has 0 fully saturated rings. The van der Waals surface area contributed by atoms with Gasteiger partial charge in [0, 0.05) is 24.5 Å². The van der Waals surface area contributed by atoms with Crippen molar-refractivity contribution in [3.63, 3.8) is 0 Å². The third kappa shape index (κ3) is 3.24. The molecule has 1 aromatic carbocycles. The number of imidazole rings is 1. The lowest BCUT2D eigenvalue weighted by Gasteiger charge is -2.01. The van der Waals surface area contributed by atoms with Gasteiger partial charge < -0.3 is 8.98 Å². The monoisotopic (exact) mass is 321 g/mol. The van der Waals surface area contributed by atoms with Gasteiger partial charge in [0.25, 0.3) is 0 Å². The van der Waals surface area contributed by atoms with Crippen molar-refractivity contribution >= 4 is 11.3 Å². The summed E-state index contributed by atoms with van der Waals surface area (Å²) in [4.78, 5) is 9.10. The summed E-state index contributed by atoms with van der Waals surface area (Å²) >= 11 is 1.64. The Balaban J connectivity index is 1.45. The molecule has 4 aromatic rings. The number of furan rings is 1. The van der Waals surface area contributed by atoms with E-state index in [4.69, 9.17) is 4.42 Å². The van der Waals surface area contributed by atoms with Crippen LogP contribution >= 0.6 is 11.3 Å². The van der Waals surface area contributed by atoms with Crippen molar-refractivity contribution in [2.24, 2.45) is 0 Å². The number of hydrogen-bond donors (Lipinski definition) is 0. The normalized spacial score (nSPS) is 11.0. The molecular weight excluding hydrogens is 306 g/mol. The Labute approximate surface area is 138 Å². The van der Waals surface area contributed by atoms with Crippen LogP contribution in [0.25, 0.3) is 11.5 Å². The number of benzene rings is 1. The van der Waals surface area contributed by atoms with Gasteiger partial charge in [-0.1, -0.05) is 30.3 Å². The molecule has 0 N–H and O–H groups in total. The molecule has 23 heavy (non-hydrogen) atoms. The van der Waals surface area contributed by atoms with Crippen molar-refractivity contribution in [2.45, 2.75) is 13.0 Å². The average Bonchev–Trinajstić information content (AvgIpc) is 3.30. The van der Waals surface area contributed by atoms with Crippen molar-refractivity contribution in [3.8, 4) is 11.5 Å². The van der Waals surface area contributed by atoms with Crippen molar-refractivity contribution in [2.75, 3.05) is 0 Å². The summed E-state index contributed by atoms with van der Waals surface area (Å²) in [6, 6.07) is 14.2. The van der Waals surface area contributed by atoms with Gasteiger partial charge in [-0.25, -0.2) is 9.97 Å². The van der Waals surface area contributed by atoms with Gasteiger partial charge in [-0.05, 0) is 17.7 Å². The molecule has 114 valence electrons. The lowest BCUT2D eigenvalue weighted by Crippen LogP contribution is -1.95. The zero-order chi connectivity index (χ0) is 15.5. The molecular formula is C18H15N3OS. The maximum absolute atomic E-state index is 5.38. The molecule has 0 aliphatic heterocycles. The Hall–Kier alpha value is -2.66. The zero-order valence-corrected chi connectivity index (χ0v) is 13.2. The Bertz CT molecular complexity index is 878. The molecule has 0 spiro atoms. The average molecular weight is 321 g/mol. The topological polar surface area (TPSA) is 43.9 Å². The smallest absolute Gasteiger partial charge is 0.153 e. The summed E-state index contributed by atoms with van der Waals surface area (Å²) in [6.45, 7) is 0.837. The van der Waals surface area contributed by atoms with Crippen molar-refractivity contribution < 1.29 is 4.42 Å². The van der Waals surface area contributed by atoms with E-state index in [0.717, 1.165) is 35.1 Å².